The van der Waals surface area contributed by atoms with Crippen LogP contribution in [0.4, 0.5) is 0 Å². The molecule has 0 spiro atoms. The Hall–Kier alpha value is -2.63. The molecule has 0 aromatic carbocycles. The molecule has 6 nitrogen and oxygen atoms in total. The molecule has 0 radical (unpaired) electrons. The maximum Gasteiger partial charge on any atom is 0.289 e. The molecule has 0 saturated carbocycles. The standard InChI is InChI=1S/C19H21N3O3/c23-18(21-9-2-1-3-10-21)15-13-22(19(24)16-7-5-11-25-16)12-14-6-4-8-20-17(14)15/h4-8,11,15H,1-3,9-10,12-13H2. The maximum absolute atomic E-state index is 13.1. The van der Waals surface area contributed by atoms with Gasteiger partial charge in [0.05, 0.1) is 17.9 Å². The molecule has 25 heavy (non-hydrogen) atoms. The molecule has 2 amide bonds. The molecule has 1 atom stereocenters. The number of aromatic nitrogens is 1. The Morgan fingerprint density at radius 2 is 1.92 bits per heavy atom. The van der Waals surface area contributed by atoms with E-state index >= 15 is 0 Å². The van der Waals surface area contributed by atoms with Gasteiger partial charge >= 0.3 is 0 Å². The predicted octanol–water partition coefficient (Wildman–Crippen LogP) is 2.43. The molecule has 0 aliphatic carbocycles. The van der Waals surface area contributed by atoms with Crippen molar-refractivity contribution in [2.24, 2.45) is 0 Å². The van der Waals surface area contributed by atoms with E-state index in [2.05, 4.69) is 4.98 Å². The molecule has 1 fully saturated rings. The number of nitrogens with zero attached hydrogens (tertiary/aromatic N) is 3. The fourth-order valence-corrected chi connectivity index (χ4v) is 3.72. The van der Waals surface area contributed by atoms with Gasteiger partial charge < -0.3 is 14.2 Å². The van der Waals surface area contributed by atoms with Crippen LogP contribution in [0.3, 0.4) is 0 Å². The summed E-state index contributed by atoms with van der Waals surface area (Å²) in [6.45, 7) is 2.39. The Balaban J connectivity index is 1.63. The molecule has 0 N–H and O–H groups in total. The number of rotatable bonds is 2. The van der Waals surface area contributed by atoms with Crippen molar-refractivity contribution in [3.05, 3.63) is 53.7 Å². The molecule has 1 saturated heterocycles. The number of amides is 2. The summed E-state index contributed by atoms with van der Waals surface area (Å²) in [4.78, 5) is 33.9. The summed E-state index contributed by atoms with van der Waals surface area (Å²) in [5.74, 6) is -0.203. The van der Waals surface area contributed by atoms with Gasteiger partial charge in [0.15, 0.2) is 5.76 Å². The first kappa shape index (κ1) is 15.9. The zero-order valence-corrected chi connectivity index (χ0v) is 14.1. The highest BCUT2D eigenvalue weighted by Gasteiger charge is 2.37. The average molecular weight is 339 g/mol. The Morgan fingerprint density at radius 3 is 2.68 bits per heavy atom. The van der Waals surface area contributed by atoms with Crippen molar-refractivity contribution in [1.29, 1.82) is 0 Å². The third kappa shape index (κ3) is 3.04. The summed E-state index contributed by atoms with van der Waals surface area (Å²) in [7, 11) is 0. The number of carbonyl (C=O) groups is 2. The van der Waals surface area contributed by atoms with Crippen LogP contribution in [0.2, 0.25) is 0 Å². The van der Waals surface area contributed by atoms with Crippen LogP contribution in [0.25, 0.3) is 0 Å². The van der Waals surface area contributed by atoms with Gasteiger partial charge in [-0.2, -0.15) is 0 Å². The molecule has 130 valence electrons. The minimum absolute atomic E-state index is 0.0802. The molecule has 6 heteroatoms. The highest BCUT2D eigenvalue weighted by molar-refractivity contribution is 5.93. The summed E-state index contributed by atoms with van der Waals surface area (Å²) in [6, 6.07) is 7.15. The van der Waals surface area contributed by atoms with Crippen molar-refractivity contribution in [3.8, 4) is 0 Å². The number of hydrogen-bond donors (Lipinski definition) is 0. The first-order valence-corrected chi connectivity index (χ1v) is 8.79. The topological polar surface area (TPSA) is 66.7 Å². The minimum Gasteiger partial charge on any atom is -0.459 e. The molecule has 2 aliphatic rings. The second-order valence-electron chi connectivity index (χ2n) is 6.65. The van der Waals surface area contributed by atoms with Crippen molar-refractivity contribution in [2.45, 2.75) is 31.7 Å². The van der Waals surface area contributed by atoms with Crippen LogP contribution in [0.15, 0.2) is 41.1 Å². The normalized spacial score (nSPS) is 20.2. The fraction of sp³-hybridized carbons (Fsp3) is 0.421. The zero-order valence-electron chi connectivity index (χ0n) is 14.1. The van der Waals surface area contributed by atoms with E-state index in [0.717, 1.165) is 37.2 Å². The largest absolute Gasteiger partial charge is 0.459 e. The summed E-state index contributed by atoms with van der Waals surface area (Å²) in [5.41, 5.74) is 1.74. The van der Waals surface area contributed by atoms with Gasteiger partial charge in [-0.3, -0.25) is 14.6 Å². The molecule has 2 aromatic heterocycles. The molecule has 0 bridgehead atoms. The van der Waals surface area contributed by atoms with Crippen molar-refractivity contribution in [2.75, 3.05) is 19.6 Å². The first-order chi connectivity index (χ1) is 12.2. The lowest BCUT2D eigenvalue weighted by Crippen LogP contribution is -2.46. The number of piperidine rings is 1. The Morgan fingerprint density at radius 1 is 1.08 bits per heavy atom. The fourth-order valence-electron chi connectivity index (χ4n) is 3.72. The van der Waals surface area contributed by atoms with Gasteiger partial charge in [-0.15, -0.1) is 0 Å². The average Bonchev–Trinajstić information content (AvgIpc) is 3.21. The van der Waals surface area contributed by atoms with Crippen molar-refractivity contribution in [3.63, 3.8) is 0 Å². The predicted molar refractivity (Wildman–Crippen MR) is 90.9 cm³/mol. The molecule has 4 rings (SSSR count). The van der Waals surface area contributed by atoms with E-state index in [0.29, 0.717) is 18.8 Å². The van der Waals surface area contributed by atoms with Gasteiger partial charge in [-0.25, -0.2) is 0 Å². The minimum atomic E-state index is -0.401. The van der Waals surface area contributed by atoms with Gasteiger partial charge in [0.25, 0.3) is 5.91 Å². The molecular formula is C19H21N3O3. The van der Waals surface area contributed by atoms with Crippen LogP contribution in [-0.4, -0.2) is 46.2 Å². The van der Waals surface area contributed by atoms with E-state index in [4.69, 9.17) is 4.42 Å². The van der Waals surface area contributed by atoms with Crippen LogP contribution in [0.1, 0.15) is 47.0 Å². The number of carbonyl (C=O) groups excluding carboxylic acids is 2. The molecular weight excluding hydrogens is 318 g/mol. The smallest absolute Gasteiger partial charge is 0.289 e. The Kier molecular flexibility index (Phi) is 4.26. The van der Waals surface area contributed by atoms with Crippen LogP contribution >= 0.6 is 0 Å². The summed E-state index contributed by atoms with van der Waals surface area (Å²) in [6.07, 6.45) is 6.47. The van der Waals surface area contributed by atoms with E-state index in [-0.39, 0.29) is 11.8 Å². The first-order valence-electron chi connectivity index (χ1n) is 8.79. The van der Waals surface area contributed by atoms with E-state index < -0.39 is 5.92 Å². The summed E-state index contributed by atoms with van der Waals surface area (Å²) in [5, 5.41) is 0. The molecule has 4 heterocycles. The highest BCUT2D eigenvalue weighted by atomic mass is 16.3. The van der Waals surface area contributed by atoms with Gasteiger partial charge in [0, 0.05) is 32.4 Å². The van der Waals surface area contributed by atoms with Gasteiger partial charge in [-0.05, 0) is 43.0 Å². The summed E-state index contributed by atoms with van der Waals surface area (Å²) < 4.78 is 5.25. The van der Waals surface area contributed by atoms with Crippen molar-refractivity contribution < 1.29 is 14.0 Å². The van der Waals surface area contributed by atoms with Crippen LogP contribution in [0, 0.1) is 0 Å². The lowest BCUT2D eigenvalue weighted by Gasteiger charge is -2.36. The molecule has 1 unspecified atom stereocenters. The molecule has 2 aliphatic heterocycles. The Bertz CT molecular complexity index is 766. The SMILES string of the molecule is O=C(c1ccco1)N1Cc2cccnc2C(C(=O)N2CCCCC2)C1. The zero-order chi connectivity index (χ0) is 17.2. The lowest BCUT2D eigenvalue weighted by atomic mass is 9.92. The molecule has 2 aromatic rings. The third-order valence-electron chi connectivity index (χ3n) is 5.01. The maximum atomic E-state index is 13.1. The van der Waals surface area contributed by atoms with E-state index in [1.807, 2.05) is 17.0 Å². The van der Waals surface area contributed by atoms with Gasteiger partial charge in [0.2, 0.25) is 5.91 Å². The second-order valence-corrected chi connectivity index (χ2v) is 6.65. The number of pyridine rings is 1. The van der Waals surface area contributed by atoms with Crippen LogP contribution in [0.5, 0.6) is 0 Å². The van der Waals surface area contributed by atoms with Crippen LogP contribution < -0.4 is 0 Å². The van der Waals surface area contributed by atoms with Crippen LogP contribution in [-0.2, 0) is 11.3 Å². The van der Waals surface area contributed by atoms with Crippen molar-refractivity contribution >= 4 is 11.8 Å². The second kappa shape index (κ2) is 6.70. The third-order valence-corrected chi connectivity index (χ3v) is 5.01. The van der Waals surface area contributed by atoms with E-state index in [1.165, 1.54) is 12.7 Å². The van der Waals surface area contributed by atoms with Gasteiger partial charge in [-0.1, -0.05) is 6.07 Å². The number of likely N-dealkylation sites (tertiary alicyclic amines) is 1. The van der Waals surface area contributed by atoms with Gasteiger partial charge in [0.1, 0.15) is 0 Å². The highest BCUT2D eigenvalue weighted by Crippen LogP contribution is 2.30. The number of furan rings is 1. The van der Waals surface area contributed by atoms with E-state index in [1.54, 1.807) is 23.2 Å². The van der Waals surface area contributed by atoms with E-state index in [9.17, 15) is 9.59 Å². The monoisotopic (exact) mass is 339 g/mol. The summed E-state index contributed by atoms with van der Waals surface area (Å²) >= 11 is 0. The number of fused-ring (bicyclic) bond motifs is 1. The Labute approximate surface area is 146 Å². The number of hydrogen-bond acceptors (Lipinski definition) is 4. The van der Waals surface area contributed by atoms with Crippen molar-refractivity contribution in [1.82, 2.24) is 14.8 Å². The lowest BCUT2D eigenvalue weighted by molar-refractivity contribution is -0.134. The quantitative estimate of drug-likeness (QED) is 0.843.